The molecule has 0 N–H and O–H groups in total. The van der Waals surface area contributed by atoms with Gasteiger partial charge in [-0.25, -0.2) is 0 Å². The number of benzene rings is 12. The minimum absolute atomic E-state index is 0. The average Bonchev–Trinajstić information content (AvgIpc) is 3.37. The SMILES string of the molecule is [Na+].[Na+].[Na+].[O-]c1ccc2ccccc2c1-c1c([O][Al]([O]c2ccc3ccccc3c2-c2c([O-])ccc3ccccc23)[O]c2ccc3ccccc3c2-c2c([O-])ccc3ccccc23)ccc2ccccc12. The monoisotopic (exact) mass is 948 g/mol. The molecule has 0 saturated carbocycles. The molecule has 10 heteroatoms. The quantitative estimate of drug-likeness (QED) is 0.200. The minimum atomic E-state index is -3.65. The maximum atomic E-state index is 14.3. The molecule has 12 aromatic rings. The normalized spacial score (nSPS) is 11.0. The van der Waals surface area contributed by atoms with E-state index in [2.05, 4.69) is 0 Å². The molecule has 318 valence electrons. The Bertz CT molecular complexity index is 3530. The van der Waals surface area contributed by atoms with Gasteiger partial charge in [0.05, 0.1) is 17.2 Å². The van der Waals surface area contributed by atoms with Gasteiger partial charge in [-0.15, -0.1) is 17.2 Å². The fourth-order valence-corrected chi connectivity index (χ4v) is 11.1. The number of fused-ring (bicyclic) bond motifs is 6. The molecule has 0 fully saturated rings. The molecule has 70 heavy (non-hydrogen) atoms. The Morgan fingerprint density at radius 1 is 0.229 bits per heavy atom. The van der Waals surface area contributed by atoms with Crippen LogP contribution in [0.2, 0.25) is 0 Å². The van der Waals surface area contributed by atoms with E-state index >= 15 is 0 Å². The van der Waals surface area contributed by atoms with Crippen molar-refractivity contribution in [2.45, 2.75) is 0 Å². The first-order valence-electron chi connectivity index (χ1n) is 22.1. The summed E-state index contributed by atoms with van der Waals surface area (Å²) in [7, 11) is 0. The van der Waals surface area contributed by atoms with Gasteiger partial charge in [0.2, 0.25) is 0 Å². The standard InChI is InChI=1S/3C20H14O2.Al.3Na/c3*21-17-11-9-13-5-1-3-7-15(13)19(17)20-16-8-4-2-6-14(16)10-12-18(20)22;;;;/h3*1-12,21-22H;;;;/q;;;+3;3*+1/p-6. The summed E-state index contributed by atoms with van der Waals surface area (Å²) in [4.78, 5) is 0. The van der Waals surface area contributed by atoms with Crippen LogP contribution in [-0.2, 0) is 0 Å². The van der Waals surface area contributed by atoms with E-state index in [1.807, 2.05) is 200 Å². The molecule has 0 radical (unpaired) electrons. The van der Waals surface area contributed by atoms with Crippen molar-refractivity contribution in [2.24, 2.45) is 0 Å². The van der Waals surface area contributed by atoms with Crippen LogP contribution in [0.5, 0.6) is 34.5 Å². The minimum Gasteiger partial charge on any atom is -0.872 e. The molecule has 0 aliphatic rings. The molecule has 0 aromatic heterocycles. The van der Waals surface area contributed by atoms with Crippen LogP contribution in [0.3, 0.4) is 0 Å². The van der Waals surface area contributed by atoms with Crippen LogP contribution >= 0.6 is 0 Å². The molecule has 0 saturated heterocycles. The van der Waals surface area contributed by atoms with E-state index in [0.717, 1.165) is 64.6 Å². The first-order chi connectivity index (χ1) is 33.0. The number of rotatable bonds is 9. The van der Waals surface area contributed by atoms with Crippen molar-refractivity contribution in [3.8, 4) is 67.9 Å². The number of hydrogen-bond acceptors (Lipinski definition) is 6. The molecule has 0 unspecified atom stereocenters. The van der Waals surface area contributed by atoms with Crippen LogP contribution in [0.1, 0.15) is 0 Å². The third kappa shape index (κ3) is 8.96. The van der Waals surface area contributed by atoms with Crippen molar-refractivity contribution in [3.63, 3.8) is 0 Å². The zero-order chi connectivity index (χ0) is 45.0. The topological polar surface area (TPSA) is 96.9 Å². The first kappa shape index (κ1) is 49.5. The van der Waals surface area contributed by atoms with Crippen LogP contribution in [0.4, 0.5) is 0 Å². The van der Waals surface area contributed by atoms with Gasteiger partial charge in [-0.2, -0.15) is 0 Å². The molecule has 0 heterocycles. The third-order valence-electron chi connectivity index (χ3n) is 12.8. The van der Waals surface area contributed by atoms with Crippen LogP contribution in [0.15, 0.2) is 218 Å². The molecular formula is C60H36AlNa3O6. The van der Waals surface area contributed by atoms with E-state index in [0.29, 0.717) is 50.6 Å². The second-order valence-corrected chi connectivity index (χ2v) is 17.9. The third-order valence-corrected chi connectivity index (χ3v) is 14.1. The van der Waals surface area contributed by atoms with Crippen LogP contribution in [-0.4, -0.2) is 15.1 Å². The summed E-state index contributed by atoms with van der Waals surface area (Å²) in [5, 5.41) is 53.1. The van der Waals surface area contributed by atoms with Crippen LogP contribution < -0.4 is 115 Å². The maximum absolute atomic E-state index is 14.3. The fraction of sp³-hybridized carbons (Fsp3) is 0. The van der Waals surface area contributed by atoms with Gasteiger partial charge in [0.1, 0.15) is 0 Å². The Hall–Kier alpha value is -5.47. The Morgan fingerprint density at radius 3 is 0.671 bits per heavy atom. The van der Waals surface area contributed by atoms with Crippen molar-refractivity contribution in [3.05, 3.63) is 218 Å². The summed E-state index contributed by atoms with van der Waals surface area (Å²) in [6.45, 7) is 0. The summed E-state index contributed by atoms with van der Waals surface area (Å²) in [5.74, 6) is 0.679. The molecule has 0 amide bonds. The van der Waals surface area contributed by atoms with E-state index in [-0.39, 0.29) is 106 Å². The maximum Gasteiger partial charge on any atom is 1.20 e. The van der Waals surface area contributed by atoms with Crippen LogP contribution in [0, 0.1) is 0 Å². The van der Waals surface area contributed by atoms with Gasteiger partial charge < -0.3 is 26.7 Å². The van der Waals surface area contributed by atoms with Gasteiger partial charge in [0, 0.05) is 16.7 Å². The van der Waals surface area contributed by atoms with Gasteiger partial charge in [-0.1, -0.05) is 200 Å². The molecule has 0 aliphatic heterocycles. The Labute approximate surface area is 476 Å². The Balaban J connectivity index is 0.00000203. The molecule has 12 aromatic carbocycles. The van der Waals surface area contributed by atoms with E-state index in [4.69, 9.17) is 11.4 Å². The summed E-state index contributed by atoms with van der Waals surface area (Å²) in [6, 6.07) is 69.1. The smallest absolute Gasteiger partial charge is 0.872 e. The van der Waals surface area contributed by atoms with Gasteiger partial charge in [0.15, 0.2) is 0 Å². The van der Waals surface area contributed by atoms with Crippen molar-refractivity contribution in [1.29, 1.82) is 0 Å². The predicted octanol–water partition coefficient (Wildman–Crippen LogP) is 4.36. The van der Waals surface area contributed by atoms with E-state index < -0.39 is 15.1 Å². The van der Waals surface area contributed by atoms with Crippen molar-refractivity contribution in [1.82, 2.24) is 0 Å². The van der Waals surface area contributed by atoms with Gasteiger partial charge >= 0.3 is 104 Å². The summed E-state index contributed by atoms with van der Waals surface area (Å²) in [5.41, 5.74) is 3.30. The summed E-state index contributed by atoms with van der Waals surface area (Å²) in [6.07, 6.45) is 0. The summed E-state index contributed by atoms with van der Waals surface area (Å²) < 4.78 is 21.8. The molecule has 0 spiro atoms. The zero-order valence-corrected chi connectivity index (χ0v) is 46.0. The van der Waals surface area contributed by atoms with E-state index in [9.17, 15) is 15.3 Å². The second kappa shape index (κ2) is 21.1. The average molecular weight is 949 g/mol. The van der Waals surface area contributed by atoms with Gasteiger partial charge in [0.25, 0.3) is 0 Å². The molecule has 0 bridgehead atoms. The Kier molecular flexibility index (Phi) is 14.9. The predicted molar refractivity (Wildman–Crippen MR) is 267 cm³/mol. The fourth-order valence-electron chi connectivity index (χ4n) is 9.73. The van der Waals surface area contributed by atoms with Crippen molar-refractivity contribution < 1.29 is 115 Å². The first-order valence-corrected chi connectivity index (χ1v) is 23.5. The molecule has 0 atom stereocenters. The molecular weight excluding hydrogens is 913 g/mol. The Morgan fingerprint density at radius 2 is 0.429 bits per heavy atom. The van der Waals surface area contributed by atoms with Gasteiger partial charge in [-0.3, -0.25) is 0 Å². The second-order valence-electron chi connectivity index (χ2n) is 16.6. The zero-order valence-electron chi connectivity index (χ0n) is 38.8. The molecule has 0 aliphatic carbocycles. The molecule has 6 nitrogen and oxygen atoms in total. The molecule has 12 rings (SSSR count). The number of hydrogen-bond donors (Lipinski definition) is 0. The van der Waals surface area contributed by atoms with E-state index in [1.165, 1.54) is 0 Å². The van der Waals surface area contributed by atoms with Crippen molar-refractivity contribution in [2.75, 3.05) is 0 Å². The summed E-state index contributed by atoms with van der Waals surface area (Å²) >= 11 is -3.65. The van der Waals surface area contributed by atoms with Crippen molar-refractivity contribution >= 4 is 79.8 Å². The largest absolute Gasteiger partial charge is 1.20 e. The van der Waals surface area contributed by atoms with E-state index in [1.54, 1.807) is 18.2 Å². The van der Waals surface area contributed by atoms with Crippen LogP contribution in [0.25, 0.3) is 98.0 Å². The van der Waals surface area contributed by atoms with Gasteiger partial charge in [-0.05, 0) is 99.5 Å².